The van der Waals surface area contributed by atoms with Crippen molar-refractivity contribution in [1.29, 1.82) is 0 Å². The molecule has 1 saturated heterocycles. The van der Waals surface area contributed by atoms with Gasteiger partial charge < -0.3 is 4.74 Å². The van der Waals surface area contributed by atoms with E-state index < -0.39 is 23.3 Å². The summed E-state index contributed by atoms with van der Waals surface area (Å²) in [7, 11) is 0. The van der Waals surface area contributed by atoms with Crippen molar-refractivity contribution >= 4 is 0 Å². The molecule has 2 aliphatic rings. The zero-order valence-corrected chi connectivity index (χ0v) is 17.3. The van der Waals surface area contributed by atoms with Crippen molar-refractivity contribution in [2.75, 3.05) is 6.61 Å². The molecule has 1 nitrogen and oxygen atoms in total. The van der Waals surface area contributed by atoms with Gasteiger partial charge in [-0.3, -0.25) is 0 Å². The number of hydrogen-bond acceptors (Lipinski definition) is 1. The molecule has 0 radical (unpaired) electrons. The second kappa shape index (κ2) is 9.09. The lowest BCUT2D eigenvalue weighted by Crippen LogP contribution is -2.16. The van der Waals surface area contributed by atoms with E-state index in [0.29, 0.717) is 47.6 Å². The van der Waals surface area contributed by atoms with E-state index in [1.807, 2.05) is 6.92 Å². The van der Waals surface area contributed by atoms with E-state index >= 15 is 0 Å². The van der Waals surface area contributed by atoms with Gasteiger partial charge in [-0.25, -0.2) is 17.6 Å². The molecule has 2 aromatic rings. The topological polar surface area (TPSA) is 12.5 Å². The highest BCUT2D eigenvalue weighted by atomic mass is 19.2. The van der Waals surface area contributed by atoms with Crippen LogP contribution in [0.1, 0.15) is 79.7 Å². The summed E-state index contributed by atoms with van der Waals surface area (Å²) in [6, 6.07) is 6.76. The molecule has 0 bridgehead atoms. The number of ether oxygens (including phenoxy) is 1. The quantitative estimate of drug-likeness (QED) is 0.342. The van der Waals surface area contributed by atoms with Crippen LogP contribution >= 0.6 is 0 Å². The van der Waals surface area contributed by atoms with Crippen molar-refractivity contribution in [2.45, 2.75) is 70.3 Å². The third-order valence-corrected chi connectivity index (χ3v) is 6.69. The maximum atomic E-state index is 14.6. The molecule has 1 aliphatic carbocycles. The second-order valence-electron chi connectivity index (χ2n) is 8.71. The Kier molecular flexibility index (Phi) is 6.47. The Morgan fingerprint density at radius 1 is 0.767 bits per heavy atom. The van der Waals surface area contributed by atoms with Gasteiger partial charge in [0.05, 0.1) is 6.61 Å². The number of benzene rings is 2. The molecule has 0 aromatic heterocycles. The molecule has 162 valence electrons. The highest BCUT2D eigenvalue weighted by molar-refractivity contribution is 5.32. The Morgan fingerprint density at radius 2 is 1.33 bits per heavy atom. The first-order valence-corrected chi connectivity index (χ1v) is 11.0. The van der Waals surface area contributed by atoms with E-state index in [0.717, 1.165) is 38.5 Å². The Labute approximate surface area is 175 Å². The van der Waals surface area contributed by atoms with E-state index in [9.17, 15) is 17.6 Å². The van der Waals surface area contributed by atoms with Gasteiger partial charge >= 0.3 is 0 Å². The number of aryl methyl sites for hydroxylation is 2. The van der Waals surface area contributed by atoms with Crippen molar-refractivity contribution in [1.82, 2.24) is 0 Å². The molecule has 1 aliphatic heterocycles. The maximum absolute atomic E-state index is 14.6. The first-order chi connectivity index (χ1) is 14.5. The number of rotatable bonds is 7. The minimum Gasteiger partial charge on any atom is -0.368 e. The normalized spacial score (nSPS) is 23.6. The van der Waals surface area contributed by atoms with E-state index in [-0.39, 0.29) is 12.0 Å². The average Bonchev–Trinajstić information content (AvgIpc) is 3.59. The molecule has 1 atom stereocenters. The van der Waals surface area contributed by atoms with Gasteiger partial charge in [-0.2, -0.15) is 0 Å². The van der Waals surface area contributed by atoms with Gasteiger partial charge in [-0.1, -0.05) is 37.6 Å². The first-order valence-electron chi connectivity index (χ1n) is 11.0. The predicted octanol–water partition coefficient (Wildman–Crippen LogP) is 7.17. The molecule has 5 heteroatoms. The van der Waals surface area contributed by atoms with E-state index in [4.69, 9.17) is 4.74 Å². The van der Waals surface area contributed by atoms with E-state index in [1.54, 1.807) is 24.3 Å². The summed E-state index contributed by atoms with van der Waals surface area (Å²) in [4.78, 5) is 0. The summed E-state index contributed by atoms with van der Waals surface area (Å²) >= 11 is 0. The van der Waals surface area contributed by atoms with Gasteiger partial charge in [-0.05, 0) is 73.5 Å². The standard InChI is InChI=1S/C25H28F4O/c1-2-3-17-10-11-18(23(27)22(17)26)9-6-15-4-7-16(8-5-15)19-12-13-20(21-14-30-21)25(29)24(19)28/h10-13,15-16,21H,2-9,14H2,1H3. The first kappa shape index (κ1) is 21.4. The summed E-state index contributed by atoms with van der Waals surface area (Å²) < 4.78 is 62.4. The number of epoxide rings is 1. The molecule has 1 saturated carbocycles. The minimum atomic E-state index is -0.777. The van der Waals surface area contributed by atoms with Gasteiger partial charge in [0.2, 0.25) is 0 Å². The van der Waals surface area contributed by atoms with E-state index in [2.05, 4.69) is 0 Å². The van der Waals surface area contributed by atoms with Crippen LogP contribution in [-0.4, -0.2) is 6.61 Å². The minimum absolute atomic E-state index is 0.00688. The van der Waals surface area contributed by atoms with Gasteiger partial charge in [0, 0.05) is 5.56 Å². The second-order valence-corrected chi connectivity index (χ2v) is 8.71. The molecule has 1 unspecified atom stereocenters. The third-order valence-electron chi connectivity index (χ3n) is 6.69. The zero-order valence-electron chi connectivity index (χ0n) is 17.3. The van der Waals surface area contributed by atoms with Crippen LogP contribution < -0.4 is 0 Å². The molecule has 1 heterocycles. The number of halogens is 4. The van der Waals surface area contributed by atoms with Crippen molar-refractivity contribution < 1.29 is 22.3 Å². The fourth-order valence-corrected chi connectivity index (χ4v) is 4.78. The zero-order chi connectivity index (χ0) is 21.3. The van der Waals surface area contributed by atoms with Gasteiger partial charge in [-0.15, -0.1) is 0 Å². The van der Waals surface area contributed by atoms with Crippen molar-refractivity contribution in [3.05, 3.63) is 69.8 Å². The van der Waals surface area contributed by atoms with E-state index in [1.165, 1.54) is 0 Å². The molecule has 0 N–H and O–H groups in total. The third kappa shape index (κ3) is 4.41. The molecule has 2 aromatic carbocycles. The van der Waals surface area contributed by atoms with Crippen LogP contribution in [0.3, 0.4) is 0 Å². The Morgan fingerprint density at radius 3 is 1.93 bits per heavy atom. The monoisotopic (exact) mass is 420 g/mol. The predicted molar refractivity (Wildman–Crippen MR) is 108 cm³/mol. The summed E-state index contributed by atoms with van der Waals surface area (Å²) in [5.41, 5.74) is 1.63. The summed E-state index contributed by atoms with van der Waals surface area (Å²) in [5.74, 6) is -2.54. The lowest BCUT2D eigenvalue weighted by atomic mass is 9.76. The summed E-state index contributed by atoms with van der Waals surface area (Å²) in [6.07, 6.45) is 5.65. The van der Waals surface area contributed by atoms with Crippen LogP contribution in [0.25, 0.3) is 0 Å². The lowest BCUT2D eigenvalue weighted by molar-refractivity contribution is 0.303. The molecule has 4 rings (SSSR count). The molecule has 2 fully saturated rings. The fraction of sp³-hybridized carbons (Fsp3) is 0.520. The fourth-order valence-electron chi connectivity index (χ4n) is 4.78. The van der Waals surface area contributed by atoms with Crippen LogP contribution in [0.5, 0.6) is 0 Å². The Bertz CT molecular complexity index is 899. The van der Waals surface area contributed by atoms with Crippen LogP contribution in [0.4, 0.5) is 17.6 Å². The SMILES string of the molecule is CCCc1ccc(CCC2CCC(c3ccc(C4CO4)c(F)c3F)CC2)c(F)c1F. The van der Waals surface area contributed by atoms with Crippen LogP contribution in [0, 0.1) is 29.2 Å². The molecule has 30 heavy (non-hydrogen) atoms. The smallest absolute Gasteiger partial charge is 0.165 e. The van der Waals surface area contributed by atoms with Crippen LogP contribution in [0.15, 0.2) is 24.3 Å². The molecule has 0 spiro atoms. The van der Waals surface area contributed by atoms with Crippen LogP contribution in [-0.2, 0) is 17.6 Å². The van der Waals surface area contributed by atoms with Crippen molar-refractivity contribution in [3.63, 3.8) is 0 Å². The van der Waals surface area contributed by atoms with Crippen LogP contribution in [0.2, 0.25) is 0 Å². The molecular formula is C25H28F4O. The maximum Gasteiger partial charge on any atom is 0.165 e. The summed E-state index contributed by atoms with van der Waals surface area (Å²) in [5, 5.41) is 0. The van der Waals surface area contributed by atoms with Crippen molar-refractivity contribution in [3.8, 4) is 0 Å². The van der Waals surface area contributed by atoms with Crippen molar-refractivity contribution in [2.24, 2.45) is 5.92 Å². The summed E-state index contributed by atoms with van der Waals surface area (Å²) in [6.45, 7) is 2.39. The average molecular weight is 420 g/mol. The molecule has 0 amide bonds. The molecular weight excluding hydrogens is 392 g/mol. The number of hydrogen-bond donors (Lipinski definition) is 0. The Balaban J connectivity index is 1.33. The highest BCUT2D eigenvalue weighted by Gasteiger charge is 2.32. The Hall–Kier alpha value is -1.88. The highest BCUT2D eigenvalue weighted by Crippen LogP contribution is 2.41. The van der Waals surface area contributed by atoms with Gasteiger partial charge in [0.25, 0.3) is 0 Å². The lowest BCUT2D eigenvalue weighted by Gasteiger charge is -2.29. The van der Waals surface area contributed by atoms with Gasteiger partial charge in [0.1, 0.15) is 6.10 Å². The largest absolute Gasteiger partial charge is 0.368 e. The van der Waals surface area contributed by atoms with Gasteiger partial charge in [0.15, 0.2) is 23.3 Å².